The van der Waals surface area contributed by atoms with Crippen molar-refractivity contribution in [2.24, 2.45) is 0 Å². The maximum absolute atomic E-state index is 12.3. The molecule has 0 saturated heterocycles. The molecule has 1 N–H and O–H groups in total. The fourth-order valence-corrected chi connectivity index (χ4v) is 4.61. The molecule has 2 aromatic rings. The van der Waals surface area contributed by atoms with Crippen LogP contribution in [0.5, 0.6) is 5.75 Å². The van der Waals surface area contributed by atoms with E-state index in [1.54, 1.807) is 6.07 Å². The molecular weight excluding hydrogens is 310 g/mol. The Morgan fingerprint density at radius 2 is 1.96 bits per heavy atom. The van der Waals surface area contributed by atoms with Crippen molar-refractivity contribution in [2.45, 2.75) is 38.9 Å². The molecule has 1 heterocycles. The van der Waals surface area contributed by atoms with E-state index in [4.69, 9.17) is 9.16 Å². The molecule has 0 atom stereocenters. The van der Waals surface area contributed by atoms with Gasteiger partial charge in [-0.15, -0.1) is 0 Å². The van der Waals surface area contributed by atoms with Crippen LogP contribution in [0.1, 0.15) is 30.1 Å². The number of fused-ring (bicyclic) bond motifs is 1. The number of hydrogen-bond acceptors (Lipinski definition) is 4. The van der Waals surface area contributed by atoms with E-state index in [0.717, 1.165) is 24.3 Å². The molecular formula is C17H23NO4Si. The predicted molar refractivity (Wildman–Crippen MR) is 93.7 cm³/mol. The fourth-order valence-electron chi connectivity index (χ4n) is 2.54. The molecule has 0 saturated carbocycles. The van der Waals surface area contributed by atoms with E-state index in [1.807, 2.05) is 18.2 Å². The van der Waals surface area contributed by atoms with Crippen molar-refractivity contribution in [2.75, 3.05) is 7.11 Å². The van der Waals surface area contributed by atoms with Crippen LogP contribution in [0, 0.1) is 0 Å². The lowest BCUT2D eigenvalue weighted by atomic mass is 10.1. The van der Waals surface area contributed by atoms with Crippen LogP contribution in [0.3, 0.4) is 0 Å². The average Bonchev–Trinajstić information content (AvgIpc) is 2.52. The molecule has 5 nitrogen and oxygen atoms in total. The van der Waals surface area contributed by atoms with Crippen molar-refractivity contribution < 1.29 is 14.0 Å². The number of nitrogens with one attached hydrogen (secondary N) is 1. The van der Waals surface area contributed by atoms with Crippen LogP contribution in [0.25, 0.3) is 10.9 Å². The highest BCUT2D eigenvalue weighted by Crippen LogP contribution is 2.30. The van der Waals surface area contributed by atoms with Gasteiger partial charge in [-0.25, -0.2) is 4.79 Å². The Kier molecular flexibility index (Phi) is 5.25. The Morgan fingerprint density at radius 3 is 2.61 bits per heavy atom. The van der Waals surface area contributed by atoms with Crippen LogP contribution in [0.15, 0.2) is 29.1 Å². The second-order valence-corrected chi connectivity index (χ2v) is 10.4. The molecule has 6 heteroatoms. The zero-order valence-electron chi connectivity index (χ0n) is 14.1. The summed E-state index contributed by atoms with van der Waals surface area (Å²) in [7, 11) is -0.792. The molecule has 23 heavy (non-hydrogen) atoms. The number of benzene rings is 1. The summed E-state index contributed by atoms with van der Waals surface area (Å²) >= 11 is 0. The summed E-state index contributed by atoms with van der Waals surface area (Å²) in [5.74, 6) is -0.323. The normalized spacial score (nSPS) is 11.5. The number of rotatable bonds is 6. The zero-order valence-corrected chi connectivity index (χ0v) is 15.1. The summed E-state index contributed by atoms with van der Waals surface area (Å²) in [5.41, 5.74) is 0.120. The van der Waals surface area contributed by atoms with Gasteiger partial charge in [-0.3, -0.25) is 4.79 Å². The largest absolute Gasteiger partial charge is 0.543 e. The Bertz CT molecular complexity index is 767. The summed E-state index contributed by atoms with van der Waals surface area (Å²) in [5, 5.41) is 0.726. The lowest BCUT2D eigenvalue weighted by Crippen LogP contribution is -2.36. The minimum absolute atomic E-state index is 0.0525. The van der Waals surface area contributed by atoms with E-state index in [0.29, 0.717) is 11.3 Å². The van der Waals surface area contributed by atoms with Crippen LogP contribution in [0.4, 0.5) is 0 Å². The number of unbranched alkanes of at least 4 members (excludes halogenated alkanes) is 1. The van der Waals surface area contributed by atoms with Gasteiger partial charge in [0.25, 0.3) is 5.56 Å². The van der Waals surface area contributed by atoms with Gasteiger partial charge in [-0.1, -0.05) is 31.9 Å². The van der Waals surface area contributed by atoms with E-state index in [9.17, 15) is 9.59 Å². The predicted octanol–water partition coefficient (Wildman–Crippen LogP) is 3.70. The Labute approximate surface area is 136 Å². The van der Waals surface area contributed by atoms with Crippen molar-refractivity contribution in [3.05, 3.63) is 40.2 Å². The molecule has 0 aliphatic rings. The van der Waals surface area contributed by atoms with Gasteiger partial charge in [0.2, 0.25) is 8.32 Å². The van der Waals surface area contributed by atoms with Gasteiger partial charge >= 0.3 is 5.97 Å². The smallest absolute Gasteiger partial charge is 0.347 e. The van der Waals surface area contributed by atoms with E-state index in [2.05, 4.69) is 25.0 Å². The minimum Gasteiger partial charge on any atom is -0.543 e. The van der Waals surface area contributed by atoms with Crippen molar-refractivity contribution in [3.63, 3.8) is 0 Å². The summed E-state index contributed by atoms with van der Waals surface area (Å²) < 4.78 is 11.0. The molecule has 1 aromatic carbocycles. The zero-order chi connectivity index (χ0) is 17.0. The second-order valence-electron chi connectivity index (χ2n) is 6.16. The van der Waals surface area contributed by atoms with Gasteiger partial charge in [0.05, 0.1) is 12.6 Å². The number of pyridine rings is 1. The highest BCUT2D eigenvalue weighted by molar-refractivity contribution is 6.72. The fraction of sp³-hybridized carbons (Fsp3) is 0.412. The lowest BCUT2D eigenvalue weighted by molar-refractivity contribution is 0.0596. The van der Waals surface area contributed by atoms with E-state index in [-0.39, 0.29) is 5.56 Å². The van der Waals surface area contributed by atoms with Crippen molar-refractivity contribution >= 4 is 25.2 Å². The molecule has 0 unspecified atom stereocenters. The molecule has 0 spiro atoms. The first kappa shape index (κ1) is 17.3. The van der Waals surface area contributed by atoms with Crippen LogP contribution in [-0.2, 0) is 4.74 Å². The van der Waals surface area contributed by atoms with Gasteiger partial charge in [0, 0.05) is 5.39 Å². The molecule has 0 radical (unpaired) electrons. The quantitative estimate of drug-likeness (QED) is 0.646. The summed E-state index contributed by atoms with van der Waals surface area (Å²) in [4.78, 5) is 27.1. The van der Waals surface area contributed by atoms with Crippen molar-refractivity contribution in [1.82, 2.24) is 4.98 Å². The standard InChI is InChI=1S/C17H23NO4Si/c1-5-6-11-23(3,4)22-15-12-9-7-8-10-13(12)18-16(19)14(15)17(20)21-2/h7-10H,5-6,11H2,1-4H3,(H,18,19). The Balaban J connectivity index is 2.62. The van der Waals surface area contributed by atoms with Gasteiger partial charge in [0.15, 0.2) is 5.56 Å². The number of carbonyl (C=O) groups is 1. The average molecular weight is 333 g/mol. The number of methoxy groups -OCH3 is 1. The van der Waals surface area contributed by atoms with Gasteiger partial charge in [0.1, 0.15) is 5.75 Å². The molecule has 0 aliphatic heterocycles. The molecule has 2 rings (SSSR count). The van der Waals surface area contributed by atoms with E-state index >= 15 is 0 Å². The van der Waals surface area contributed by atoms with Crippen molar-refractivity contribution in [1.29, 1.82) is 0 Å². The highest BCUT2D eigenvalue weighted by atomic mass is 28.4. The van der Waals surface area contributed by atoms with Crippen molar-refractivity contribution in [3.8, 4) is 5.75 Å². The van der Waals surface area contributed by atoms with Crippen LogP contribution in [-0.4, -0.2) is 26.4 Å². The second kappa shape index (κ2) is 7.00. The molecule has 0 bridgehead atoms. The van der Waals surface area contributed by atoms with Crippen LogP contribution < -0.4 is 9.99 Å². The molecule has 0 amide bonds. The number of hydrogen-bond donors (Lipinski definition) is 1. The lowest BCUT2D eigenvalue weighted by Gasteiger charge is -2.26. The Morgan fingerprint density at radius 1 is 1.26 bits per heavy atom. The minimum atomic E-state index is -2.06. The monoisotopic (exact) mass is 333 g/mol. The highest BCUT2D eigenvalue weighted by Gasteiger charge is 2.29. The number of aromatic nitrogens is 1. The van der Waals surface area contributed by atoms with Crippen LogP contribution >= 0.6 is 0 Å². The van der Waals surface area contributed by atoms with Crippen LogP contribution in [0.2, 0.25) is 19.1 Å². The molecule has 0 aliphatic carbocycles. The topological polar surface area (TPSA) is 68.4 Å². The maximum atomic E-state index is 12.3. The third kappa shape index (κ3) is 3.82. The first-order chi connectivity index (χ1) is 10.9. The number of esters is 1. The number of aromatic amines is 1. The number of H-pyrrole nitrogens is 1. The maximum Gasteiger partial charge on any atom is 0.347 e. The third-order valence-corrected chi connectivity index (χ3v) is 6.09. The SMILES string of the molecule is CCCC[Si](C)(C)Oc1c(C(=O)OC)c(=O)[nH]c2ccccc12. The first-order valence-corrected chi connectivity index (χ1v) is 10.9. The Hall–Kier alpha value is -2.08. The van der Waals surface area contributed by atoms with Gasteiger partial charge < -0.3 is 14.1 Å². The number of para-hydroxylation sites is 1. The summed E-state index contributed by atoms with van der Waals surface area (Å²) in [6.07, 6.45) is 2.15. The van der Waals surface area contributed by atoms with Gasteiger partial charge in [-0.05, 0) is 31.3 Å². The van der Waals surface area contributed by atoms with E-state index in [1.165, 1.54) is 7.11 Å². The number of ether oxygens (including phenoxy) is 1. The molecule has 124 valence electrons. The van der Waals surface area contributed by atoms with Gasteiger partial charge in [-0.2, -0.15) is 0 Å². The molecule has 1 aromatic heterocycles. The summed E-state index contributed by atoms with van der Waals surface area (Å²) in [6.45, 7) is 6.33. The third-order valence-electron chi connectivity index (χ3n) is 3.77. The summed E-state index contributed by atoms with van der Waals surface area (Å²) in [6, 6.07) is 8.29. The first-order valence-electron chi connectivity index (χ1n) is 7.82. The number of carbonyl (C=O) groups excluding carboxylic acids is 1. The molecule has 0 fully saturated rings. The van der Waals surface area contributed by atoms with E-state index < -0.39 is 19.8 Å².